The quantitative estimate of drug-likeness (QED) is 0.586. The predicted molar refractivity (Wildman–Crippen MR) is 51.7 cm³/mol. The zero-order valence-corrected chi connectivity index (χ0v) is 7.97. The van der Waals surface area contributed by atoms with Gasteiger partial charge in [-0.1, -0.05) is 11.8 Å². The van der Waals surface area contributed by atoms with Gasteiger partial charge in [-0.25, -0.2) is 0 Å². The average Bonchev–Trinajstić information content (AvgIpc) is 2.75. The maximum Gasteiger partial charge on any atom is 0.235 e. The van der Waals surface area contributed by atoms with Crippen LogP contribution < -0.4 is 5.32 Å². The van der Waals surface area contributed by atoms with E-state index in [0.29, 0.717) is 10.8 Å². The van der Waals surface area contributed by atoms with Gasteiger partial charge in [-0.2, -0.15) is 0 Å². The van der Waals surface area contributed by atoms with Gasteiger partial charge in [0.2, 0.25) is 11.7 Å². The van der Waals surface area contributed by atoms with Crippen molar-refractivity contribution in [1.82, 2.24) is 5.32 Å². The number of furan rings is 1. The first-order valence-corrected chi connectivity index (χ1v) is 4.96. The summed E-state index contributed by atoms with van der Waals surface area (Å²) in [6, 6.07) is 3.23. The van der Waals surface area contributed by atoms with Crippen molar-refractivity contribution in [2.45, 2.75) is 0 Å². The van der Waals surface area contributed by atoms with Crippen LogP contribution in [0.3, 0.4) is 0 Å². The van der Waals surface area contributed by atoms with E-state index >= 15 is 0 Å². The first kappa shape index (κ1) is 9.08. The van der Waals surface area contributed by atoms with Crippen molar-refractivity contribution < 1.29 is 14.0 Å². The van der Waals surface area contributed by atoms with Crippen molar-refractivity contribution in [3.63, 3.8) is 0 Å². The van der Waals surface area contributed by atoms with Crippen LogP contribution in [0.15, 0.2) is 33.9 Å². The van der Waals surface area contributed by atoms with E-state index in [4.69, 9.17) is 4.42 Å². The van der Waals surface area contributed by atoms with E-state index in [1.165, 1.54) is 24.1 Å². The zero-order valence-electron chi connectivity index (χ0n) is 7.15. The molecule has 0 radical (unpaired) electrons. The molecule has 4 nitrogen and oxygen atoms in total. The highest BCUT2D eigenvalue weighted by atomic mass is 32.2. The monoisotopic (exact) mass is 209 g/mol. The maximum absolute atomic E-state index is 11.4. The molecule has 72 valence electrons. The summed E-state index contributed by atoms with van der Waals surface area (Å²) in [5, 5.41) is 3.15. The van der Waals surface area contributed by atoms with E-state index < -0.39 is 0 Å². The van der Waals surface area contributed by atoms with Crippen LogP contribution in [-0.2, 0) is 4.79 Å². The summed E-state index contributed by atoms with van der Waals surface area (Å²) >= 11 is 1.31. The molecular formula is C9H7NO3S. The standard InChI is InChI=1S/C9H7NO3S/c11-6(7-2-1-3-13-7)4-9-10-8(12)5-14-9/h1-4H,5H2,(H,10,12). The molecule has 1 fully saturated rings. The SMILES string of the molecule is O=C1CSC(=CC(=O)c2ccco2)N1. The Bertz CT molecular complexity index is 394. The Morgan fingerprint density at radius 3 is 3.07 bits per heavy atom. The second kappa shape index (κ2) is 3.71. The van der Waals surface area contributed by atoms with Crippen molar-refractivity contribution in [2.75, 3.05) is 5.75 Å². The molecule has 1 saturated heterocycles. The van der Waals surface area contributed by atoms with Crippen LogP contribution in [0.1, 0.15) is 10.6 Å². The van der Waals surface area contributed by atoms with E-state index in [0.717, 1.165) is 0 Å². The molecular weight excluding hydrogens is 202 g/mol. The molecule has 1 aliphatic rings. The minimum absolute atomic E-state index is 0.0755. The van der Waals surface area contributed by atoms with E-state index in [1.807, 2.05) is 0 Å². The molecule has 1 N–H and O–H groups in total. The molecule has 14 heavy (non-hydrogen) atoms. The molecule has 0 aliphatic carbocycles. The first-order valence-electron chi connectivity index (χ1n) is 3.98. The molecule has 5 heteroatoms. The van der Waals surface area contributed by atoms with Gasteiger partial charge in [0.1, 0.15) is 0 Å². The number of hydrogen-bond acceptors (Lipinski definition) is 4. The topological polar surface area (TPSA) is 59.3 Å². The number of hydrogen-bond donors (Lipinski definition) is 1. The van der Waals surface area contributed by atoms with Gasteiger partial charge < -0.3 is 9.73 Å². The van der Waals surface area contributed by atoms with Crippen molar-refractivity contribution >= 4 is 23.5 Å². The van der Waals surface area contributed by atoms with Crippen LogP contribution in [0.25, 0.3) is 0 Å². The van der Waals surface area contributed by atoms with Crippen LogP contribution in [0.2, 0.25) is 0 Å². The number of rotatable bonds is 2. The van der Waals surface area contributed by atoms with Crippen LogP contribution in [-0.4, -0.2) is 17.4 Å². The molecule has 0 saturated carbocycles. The van der Waals surface area contributed by atoms with Gasteiger partial charge in [0.15, 0.2) is 5.76 Å². The zero-order chi connectivity index (χ0) is 9.97. The van der Waals surface area contributed by atoms with Crippen molar-refractivity contribution in [3.8, 4) is 0 Å². The Hall–Kier alpha value is -1.49. The van der Waals surface area contributed by atoms with Crippen LogP contribution in [0.4, 0.5) is 0 Å². The second-order valence-corrected chi connectivity index (χ2v) is 3.70. The summed E-state index contributed by atoms with van der Waals surface area (Å²) in [5.41, 5.74) is 0. The fourth-order valence-corrected chi connectivity index (χ4v) is 1.77. The fourth-order valence-electron chi connectivity index (χ4n) is 1.04. The molecule has 0 atom stereocenters. The molecule has 0 spiro atoms. The molecule has 1 amide bonds. The Kier molecular flexibility index (Phi) is 2.41. The Morgan fingerprint density at radius 1 is 1.64 bits per heavy atom. The number of ketones is 1. The fraction of sp³-hybridized carbons (Fsp3) is 0.111. The number of carbonyl (C=O) groups is 2. The largest absolute Gasteiger partial charge is 0.461 e. The van der Waals surface area contributed by atoms with Gasteiger partial charge in [0.25, 0.3) is 0 Å². The second-order valence-electron chi connectivity index (χ2n) is 2.69. The van der Waals surface area contributed by atoms with E-state index in [2.05, 4.69) is 5.32 Å². The number of carbonyl (C=O) groups excluding carboxylic acids is 2. The molecule has 0 aromatic carbocycles. The van der Waals surface area contributed by atoms with Gasteiger partial charge >= 0.3 is 0 Å². The minimum Gasteiger partial charge on any atom is -0.461 e. The molecule has 2 heterocycles. The normalized spacial score (nSPS) is 18.6. The van der Waals surface area contributed by atoms with E-state index in [1.54, 1.807) is 12.1 Å². The Labute approximate surface area is 84.4 Å². The van der Waals surface area contributed by atoms with Crippen LogP contribution >= 0.6 is 11.8 Å². The summed E-state index contributed by atoms with van der Waals surface area (Å²) < 4.78 is 4.92. The third-order valence-electron chi connectivity index (χ3n) is 1.65. The van der Waals surface area contributed by atoms with Crippen molar-refractivity contribution in [1.29, 1.82) is 0 Å². The third kappa shape index (κ3) is 1.88. The third-order valence-corrected chi connectivity index (χ3v) is 2.59. The highest BCUT2D eigenvalue weighted by Crippen LogP contribution is 2.19. The van der Waals surface area contributed by atoms with E-state index in [9.17, 15) is 9.59 Å². The minimum atomic E-state index is -0.236. The average molecular weight is 209 g/mol. The molecule has 1 aromatic rings. The molecule has 2 rings (SSSR count). The lowest BCUT2D eigenvalue weighted by Crippen LogP contribution is -2.14. The first-order chi connectivity index (χ1) is 6.75. The van der Waals surface area contributed by atoms with E-state index in [-0.39, 0.29) is 17.5 Å². The van der Waals surface area contributed by atoms with Gasteiger partial charge in [0, 0.05) is 6.08 Å². The number of nitrogens with one attached hydrogen (secondary N) is 1. The Balaban J connectivity index is 2.11. The number of amides is 1. The lowest BCUT2D eigenvalue weighted by molar-refractivity contribution is -0.117. The molecule has 1 aromatic heterocycles. The van der Waals surface area contributed by atoms with Gasteiger partial charge in [-0.15, -0.1) is 0 Å². The highest BCUT2D eigenvalue weighted by molar-refractivity contribution is 8.04. The summed E-state index contributed by atoms with van der Waals surface area (Å²) in [6.45, 7) is 0. The van der Waals surface area contributed by atoms with Gasteiger partial charge in [-0.05, 0) is 12.1 Å². The van der Waals surface area contributed by atoms with Gasteiger partial charge in [-0.3, -0.25) is 9.59 Å². The number of thioether (sulfide) groups is 1. The van der Waals surface area contributed by atoms with Gasteiger partial charge in [0.05, 0.1) is 17.0 Å². The smallest absolute Gasteiger partial charge is 0.235 e. The molecule has 0 unspecified atom stereocenters. The number of allylic oxidation sites excluding steroid dienone is 1. The highest BCUT2D eigenvalue weighted by Gasteiger charge is 2.17. The summed E-state index contributed by atoms with van der Waals surface area (Å²) in [7, 11) is 0. The molecule has 0 bridgehead atoms. The van der Waals surface area contributed by atoms with Crippen LogP contribution in [0, 0.1) is 0 Å². The lowest BCUT2D eigenvalue weighted by atomic mass is 10.3. The van der Waals surface area contributed by atoms with Crippen molar-refractivity contribution in [2.24, 2.45) is 0 Å². The van der Waals surface area contributed by atoms with Crippen molar-refractivity contribution in [3.05, 3.63) is 35.3 Å². The lowest BCUT2D eigenvalue weighted by Gasteiger charge is -1.93. The maximum atomic E-state index is 11.4. The molecule has 1 aliphatic heterocycles. The summed E-state index contributed by atoms with van der Waals surface area (Å²) in [6.07, 6.45) is 2.81. The predicted octanol–water partition coefficient (Wildman–Crippen LogP) is 1.17. The summed E-state index contributed by atoms with van der Waals surface area (Å²) in [5.74, 6) is 0.338. The Morgan fingerprint density at radius 2 is 2.50 bits per heavy atom. The summed E-state index contributed by atoms with van der Waals surface area (Å²) in [4.78, 5) is 22.2. The van der Waals surface area contributed by atoms with Crippen LogP contribution in [0.5, 0.6) is 0 Å².